The van der Waals surface area contributed by atoms with Crippen molar-refractivity contribution in [1.82, 2.24) is 10.6 Å². The molecule has 0 radical (unpaired) electrons. The smallest absolute Gasteiger partial charge is 0.321 e. The second-order valence-electron chi connectivity index (χ2n) is 5.61. The predicted molar refractivity (Wildman–Crippen MR) is 87.6 cm³/mol. The molecule has 0 aromatic heterocycles. The van der Waals surface area contributed by atoms with Crippen LogP contribution in [0.15, 0.2) is 29.8 Å². The topological polar surface area (TPSA) is 70.2 Å². The predicted octanol–water partition coefficient (Wildman–Crippen LogP) is 3.09. The maximum atomic E-state index is 13.4. The summed E-state index contributed by atoms with van der Waals surface area (Å²) in [5, 5.41) is 7.05. The fourth-order valence-electron chi connectivity index (χ4n) is 2.52. The third-order valence-electron chi connectivity index (χ3n) is 3.76. The Labute approximate surface area is 139 Å². The molecule has 0 heterocycles. The molecule has 0 saturated carbocycles. The van der Waals surface area contributed by atoms with Crippen molar-refractivity contribution in [1.29, 1.82) is 0 Å². The first-order chi connectivity index (χ1) is 11.6. The average Bonchev–Trinajstić information content (AvgIpc) is 2.55. The number of halogens is 2. The van der Waals surface area contributed by atoms with Gasteiger partial charge in [0.15, 0.2) is 0 Å². The van der Waals surface area contributed by atoms with Gasteiger partial charge in [0.25, 0.3) is 0 Å². The van der Waals surface area contributed by atoms with E-state index < -0.39 is 35.8 Å². The number of amides is 3. The molecular weight excluding hydrogens is 316 g/mol. The number of benzene rings is 1. The van der Waals surface area contributed by atoms with Crippen LogP contribution in [0, 0.1) is 11.6 Å². The Bertz CT molecular complexity index is 612. The van der Waals surface area contributed by atoms with Crippen molar-refractivity contribution in [2.75, 3.05) is 18.4 Å². The average molecular weight is 337 g/mol. The molecule has 5 nitrogen and oxygen atoms in total. The fraction of sp³-hybridized carbons (Fsp3) is 0.412. The van der Waals surface area contributed by atoms with Crippen LogP contribution in [0.25, 0.3) is 0 Å². The van der Waals surface area contributed by atoms with Crippen LogP contribution in [-0.4, -0.2) is 25.0 Å². The molecule has 1 aromatic carbocycles. The summed E-state index contributed by atoms with van der Waals surface area (Å²) in [5.74, 6) is -2.27. The summed E-state index contributed by atoms with van der Waals surface area (Å²) in [6, 6.07) is 2.77. The van der Waals surface area contributed by atoms with Crippen molar-refractivity contribution < 1.29 is 18.4 Å². The van der Waals surface area contributed by atoms with E-state index in [0.717, 1.165) is 31.4 Å². The molecule has 24 heavy (non-hydrogen) atoms. The number of anilines is 1. The number of nitrogens with one attached hydrogen (secondary N) is 3. The molecule has 1 aliphatic carbocycles. The van der Waals surface area contributed by atoms with Crippen LogP contribution < -0.4 is 16.0 Å². The van der Waals surface area contributed by atoms with Crippen molar-refractivity contribution >= 4 is 17.6 Å². The number of rotatable bonds is 6. The highest BCUT2D eigenvalue weighted by molar-refractivity contribution is 5.96. The number of imide groups is 1. The molecule has 7 heteroatoms. The number of hydrogen-bond donors (Lipinski definition) is 3. The van der Waals surface area contributed by atoms with E-state index in [-0.39, 0.29) is 0 Å². The van der Waals surface area contributed by atoms with E-state index in [2.05, 4.69) is 22.0 Å². The van der Waals surface area contributed by atoms with E-state index in [9.17, 15) is 18.4 Å². The fourth-order valence-corrected chi connectivity index (χ4v) is 2.52. The number of para-hydroxylation sites is 1. The lowest BCUT2D eigenvalue weighted by Gasteiger charge is -2.13. The van der Waals surface area contributed by atoms with E-state index in [1.165, 1.54) is 24.5 Å². The van der Waals surface area contributed by atoms with Crippen molar-refractivity contribution in [2.24, 2.45) is 0 Å². The maximum absolute atomic E-state index is 13.4. The van der Waals surface area contributed by atoms with Crippen LogP contribution in [0.3, 0.4) is 0 Å². The van der Waals surface area contributed by atoms with E-state index in [0.29, 0.717) is 6.54 Å². The normalized spacial score (nSPS) is 13.8. The van der Waals surface area contributed by atoms with Gasteiger partial charge in [0.2, 0.25) is 5.91 Å². The summed E-state index contributed by atoms with van der Waals surface area (Å²) >= 11 is 0. The molecule has 3 N–H and O–H groups in total. The van der Waals surface area contributed by atoms with Gasteiger partial charge in [-0.15, -0.1) is 0 Å². The highest BCUT2D eigenvalue weighted by atomic mass is 19.1. The van der Waals surface area contributed by atoms with Crippen LogP contribution in [0.1, 0.15) is 32.1 Å². The summed E-state index contributed by atoms with van der Waals surface area (Å²) in [4.78, 5) is 23.2. The van der Waals surface area contributed by atoms with E-state index >= 15 is 0 Å². The molecule has 0 spiro atoms. The standard InChI is InChI=1S/C17H21F2N3O2/c18-13-7-4-8-14(19)16(13)21-11-15(23)22-17(24)20-10-9-12-5-2-1-3-6-12/h4-5,7-8,21H,1-3,6,9-11H2,(H2,20,22,23,24). The molecule has 1 aromatic rings. The SMILES string of the molecule is O=C(CNc1c(F)cccc1F)NC(=O)NCCC1=CCCCC1. The first-order valence-corrected chi connectivity index (χ1v) is 7.99. The third-order valence-corrected chi connectivity index (χ3v) is 3.76. The Balaban J connectivity index is 1.68. The first-order valence-electron chi connectivity index (χ1n) is 7.99. The van der Waals surface area contributed by atoms with Gasteiger partial charge < -0.3 is 10.6 Å². The van der Waals surface area contributed by atoms with E-state index in [1.54, 1.807) is 0 Å². The van der Waals surface area contributed by atoms with Crippen LogP contribution in [-0.2, 0) is 4.79 Å². The van der Waals surface area contributed by atoms with Crippen molar-refractivity contribution in [3.8, 4) is 0 Å². The van der Waals surface area contributed by atoms with Gasteiger partial charge in [-0.25, -0.2) is 13.6 Å². The van der Waals surface area contributed by atoms with Crippen LogP contribution in [0.2, 0.25) is 0 Å². The number of allylic oxidation sites excluding steroid dienone is 1. The highest BCUT2D eigenvalue weighted by Crippen LogP contribution is 2.19. The Morgan fingerprint density at radius 3 is 2.54 bits per heavy atom. The largest absolute Gasteiger partial charge is 0.371 e. The summed E-state index contributed by atoms with van der Waals surface area (Å²) < 4.78 is 26.8. The van der Waals surface area contributed by atoms with E-state index in [4.69, 9.17) is 0 Å². The number of carbonyl (C=O) groups excluding carboxylic acids is 2. The van der Waals surface area contributed by atoms with Crippen molar-refractivity contribution in [2.45, 2.75) is 32.1 Å². The molecule has 130 valence electrons. The second-order valence-corrected chi connectivity index (χ2v) is 5.61. The Morgan fingerprint density at radius 2 is 1.88 bits per heavy atom. The summed E-state index contributed by atoms with van der Waals surface area (Å²) in [7, 11) is 0. The van der Waals surface area contributed by atoms with Crippen LogP contribution >= 0.6 is 0 Å². The molecule has 2 rings (SSSR count). The van der Waals surface area contributed by atoms with Gasteiger partial charge >= 0.3 is 6.03 Å². The number of hydrogen-bond acceptors (Lipinski definition) is 3. The van der Waals surface area contributed by atoms with Crippen LogP contribution in [0.4, 0.5) is 19.3 Å². The van der Waals surface area contributed by atoms with Gasteiger partial charge in [-0.1, -0.05) is 17.7 Å². The molecular formula is C17H21F2N3O2. The van der Waals surface area contributed by atoms with Gasteiger partial charge in [0.1, 0.15) is 17.3 Å². The summed E-state index contributed by atoms with van der Waals surface area (Å²) in [6.45, 7) is 0.0384. The lowest BCUT2D eigenvalue weighted by atomic mass is 9.97. The Hall–Kier alpha value is -2.44. The van der Waals surface area contributed by atoms with Crippen molar-refractivity contribution in [3.05, 3.63) is 41.5 Å². The minimum absolute atomic E-state index is 0.391. The molecule has 0 fully saturated rings. The van der Waals surface area contributed by atoms with Crippen LogP contribution in [0.5, 0.6) is 0 Å². The third kappa shape index (κ3) is 5.64. The monoisotopic (exact) mass is 337 g/mol. The van der Waals surface area contributed by atoms with Crippen molar-refractivity contribution in [3.63, 3.8) is 0 Å². The van der Waals surface area contributed by atoms with Gasteiger partial charge in [-0.2, -0.15) is 0 Å². The molecule has 0 bridgehead atoms. The zero-order valence-electron chi connectivity index (χ0n) is 13.3. The molecule has 0 atom stereocenters. The lowest BCUT2D eigenvalue weighted by molar-refractivity contribution is -0.118. The molecule has 0 saturated heterocycles. The Kier molecular flexibility index (Phi) is 6.72. The molecule has 0 unspecified atom stereocenters. The second kappa shape index (κ2) is 9.00. The quantitative estimate of drug-likeness (QED) is 0.699. The minimum atomic E-state index is -0.798. The molecule has 3 amide bonds. The zero-order chi connectivity index (χ0) is 17.4. The van der Waals surface area contributed by atoms with Gasteiger partial charge in [0.05, 0.1) is 6.54 Å². The van der Waals surface area contributed by atoms with E-state index in [1.807, 2.05) is 0 Å². The summed E-state index contributed by atoms with van der Waals surface area (Å²) in [6.07, 6.45) is 7.48. The van der Waals surface area contributed by atoms with Gasteiger partial charge in [0, 0.05) is 6.54 Å². The first kappa shape index (κ1) is 17.9. The number of urea groups is 1. The lowest BCUT2D eigenvalue weighted by Crippen LogP contribution is -2.42. The molecule has 0 aliphatic heterocycles. The van der Waals surface area contributed by atoms with Gasteiger partial charge in [-0.3, -0.25) is 10.1 Å². The Morgan fingerprint density at radius 1 is 1.12 bits per heavy atom. The number of carbonyl (C=O) groups is 2. The highest BCUT2D eigenvalue weighted by Gasteiger charge is 2.12. The van der Waals surface area contributed by atoms with Gasteiger partial charge in [-0.05, 0) is 44.2 Å². The zero-order valence-corrected chi connectivity index (χ0v) is 13.3. The minimum Gasteiger partial charge on any atom is -0.371 e. The maximum Gasteiger partial charge on any atom is 0.321 e. The summed E-state index contributed by atoms with van der Waals surface area (Å²) in [5.41, 5.74) is 0.932. The molecule has 1 aliphatic rings.